The monoisotopic (exact) mass is 311 g/mol. The molecule has 1 aromatic heterocycles. The fourth-order valence-corrected chi connectivity index (χ4v) is 2.69. The highest BCUT2D eigenvalue weighted by Gasteiger charge is 2.17. The molecule has 1 aromatic carbocycles. The molecule has 1 aliphatic rings. The van der Waals surface area contributed by atoms with Gasteiger partial charge in [-0.15, -0.1) is 0 Å². The first kappa shape index (κ1) is 15.3. The second kappa shape index (κ2) is 6.64. The van der Waals surface area contributed by atoms with Crippen molar-refractivity contribution in [3.63, 3.8) is 0 Å². The maximum Gasteiger partial charge on any atom is 0.209 e. The largest absolute Gasteiger partial charge is 0.353 e. The number of anilines is 3. The molecule has 0 spiro atoms. The van der Waals surface area contributed by atoms with E-state index in [1.165, 1.54) is 5.56 Å². The highest BCUT2D eigenvalue weighted by molar-refractivity contribution is 5.62. The van der Waals surface area contributed by atoms with Crippen molar-refractivity contribution < 1.29 is 4.79 Å². The molecule has 1 aliphatic heterocycles. The predicted molar refractivity (Wildman–Crippen MR) is 91.1 cm³/mol. The van der Waals surface area contributed by atoms with Gasteiger partial charge in [-0.25, -0.2) is 9.97 Å². The van der Waals surface area contributed by atoms with Crippen LogP contribution in [0.2, 0.25) is 0 Å². The number of piperazine rings is 1. The van der Waals surface area contributed by atoms with Crippen LogP contribution in [0.5, 0.6) is 0 Å². The van der Waals surface area contributed by atoms with E-state index < -0.39 is 0 Å². The van der Waals surface area contributed by atoms with E-state index in [0.29, 0.717) is 0 Å². The molecule has 2 heterocycles. The quantitative estimate of drug-likeness (QED) is 0.876. The molecular weight excluding hydrogens is 290 g/mol. The number of hydrogen-bond acceptors (Lipinski definition) is 5. The molecule has 0 aliphatic carbocycles. The van der Waals surface area contributed by atoms with E-state index in [-0.39, 0.29) is 0 Å². The summed E-state index contributed by atoms with van der Waals surface area (Å²) in [5.41, 5.74) is 2.22. The number of carbonyl (C=O) groups excluding carboxylic acids is 1. The molecule has 1 N–H and O–H groups in total. The van der Waals surface area contributed by atoms with E-state index >= 15 is 0 Å². The third kappa shape index (κ3) is 3.59. The van der Waals surface area contributed by atoms with E-state index in [0.717, 1.165) is 55.7 Å². The molecule has 1 fully saturated rings. The summed E-state index contributed by atoms with van der Waals surface area (Å²) < 4.78 is 0. The number of aryl methyl sites for hydroxylation is 2. The van der Waals surface area contributed by atoms with Crippen LogP contribution in [-0.4, -0.2) is 47.5 Å². The van der Waals surface area contributed by atoms with Crippen LogP contribution < -0.4 is 10.2 Å². The van der Waals surface area contributed by atoms with E-state index in [9.17, 15) is 4.79 Å². The molecule has 120 valence electrons. The highest BCUT2D eigenvalue weighted by atomic mass is 16.1. The number of nitrogens with one attached hydrogen (secondary N) is 1. The van der Waals surface area contributed by atoms with Gasteiger partial charge in [-0.3, -0.25) is 4.79 Å². The van der Waals surface area contributed by atoms with Crippen LogP contribution >= 0.6 is 0 Å². The Hall–Kier alpha value is -2.63. The van der Waals surface area contributed by atoms with Gasteiger partial charge in [0.2, 0.25) is 6.41 Å². The normalized spacial score (nSPS) is 14.7. The summed E-state index contributed by atoms with van der Waals surface area (Å²) in [6, 6.07) is 10.1. The Morgan fingerprint density at radius 3 is 2.52 bits per heavy atom. The average molecular weight is 311 g/mol. The standard InChI is InChI=1S/C17H21N5O/c1-13-5-3-4-6-15(13)20-16-11-17(19-14(2)18-16)22-9-7-21(12-23)8-10-22/h3-6,11-12H,7-10H2,1-2H3,(H,18,19,20). The number of carbonyl (C=O) groups is 1. The number of hydrogen-bond donors (Lipinski definition) is 1. The highest BCUT2D eigenvalue weighted by Crippen LogP contribution is 2.22. The molecule has 0 atom stereocenters. The summed E-state index contributed by atoms with van der Waals surface area (Å²) in [4.78, 5) is 23.8. The van der Waals surface area contributed by atoms with Gasteiger partial charge in [0.15, 0.2) is 0 Å². The molecule has 0 bridgehead atoms. The van der Waals surface area contributed by atoms with Crippen LogP contribution in [0.1, 0.15) is 11.4 Å². The molecule has 2 aromatic rings. The van der Waals surface area contributed by atoms with Gasteiger partial charge in [0.25, 0.3) is 0 Å². The van der Waals surface area contributed by atoms with Crippen LogP contribution in [0.25, 0.3) is 0 Å². The second-order valence-electron chi connectivity index (χ2n) is 5.73. The Kier molecular flexibility index (Phi) is 4.41. The van der Waals surface area contributed by atoms with Crippen LogP contribution in [0.15, 0.2) is 30.3 Å². The first-order valence-corrected chi connectivity index (χ1v) is 7.78. The maximum absolute atomic E-state index is 10.8. The van der Waals surface area contributed by atoms with E-state index in [1.54, 1.807) is 4.90 Å². The van der Waals surface area contributed by atoms with Crippen molar-refractivity contribution in [1.82, 2.24) is 14.9 Å². The first-order valence-electron chi connectivity index (χ1n) is 7.78. The number of amides is 1. The zero-order valence-electron chi connectivity index (χ0n) is 13.5. The fraction of sp³-hybridized carbons (Fsp3) is 0.353. The maximum atomic E-state index is 10.8. The molecule has 0 radical (unpaired) electrons. The van der Waals surface area contributed by atoms with E-state index in [2.05, 4.69) is 33.2 Å². The van der Waals surface area contributed by atoms with Crippen molar-refractivity contribution in [2.24, 2.45) is 0 Å². The Labute approximate surface area is 136 Å². The summed E-state index contributed by atoms with van der Waals surface area (Å²) in [5.74, 6) is 2.43. The molecule has 0 saturated carbocycles. The molecular formula is C17H21N5O. The molecule has 6 nitrogen and oxygen atoms in total. The van der Waals surface area contributed by atoms with Gasteiger partial charge in [-0.05, 0) is 25.5 Å². The summed E-state index contributed by atoms with van der Waals surface area (Å²) in [7, 11) is 0. The molecule has 1 saturated heterocycles. The SMILES string of the molecule is Cc1nc(Nc2ccccc2C)cc(N2CCN(C=O)CC2)n1. The van der Waals surface area contributed by atoms with Crippen LogP contribution in [0, 0.1) is 13.8 Å². The molecule has 0 unspecified atom stereocenters. The van der Waals surface area contributed by atoms with Crippen LogP contribution in [0.4, 0.5) is 17.3 Å². The van der Waals surface area contributed by atoms with Crippen molar-refractivity contribution in [2.75, 3.05) is 36.4 Å². The van der Waals surface area contributed by atoms with Gasteiger partial charge in [0, 0.05) is 37.9 Å². The van der Waals surface area contributed by atoms with Gasteiger partial charge < -0.3 is 15.1 Å². The summed E-state index contributed by atoms with van der Waals surface area (Å²) in [6.07, 6.45) is 0.910. The second-order valence-corrected chi connectivity index (χ2v) is 5.73. The zero-order chi connectivity index (χ0) is 16.2. The fourth-order valence-electron chi connectivity index (χ4n) is 2.69. The smallest absolute Gasteiger partial charge is 0.209 e. The van der Waals surface area contributed by atoms with Gasteiger partial charge in [-0.1, -0.05) is 18.2 Å². The van der Waals surface area contributed by atoms with E-state index in [4.69, 9.17) is 0 Å². The minimum absolute atomic E-state index is 0.729. The van der Waals surface area contributed by atoms with Gasteiger partial charge in [0.05, 0.1) is 0 Å². The van der Waals surface area contributed by atoms with Crippen molar-refractivity contribution in [3.8, 4) is 0 Å². The Balaban J connectivity index is 1.80. The summed E-state index contributed by atoms with van der Waals surface area (Å²) >= 11 is 0. The lowest BCUT2D eigenvalue weighted by Gasteiger charge is -2.33. The number of para-hydroxylation sites is 1. The van der Waals surface area contributed by atoms with Crippen LogP contribution in [0.3, 0.4) is 0 Å². The molecule has 6 heteroatoms. The van der Waals surface area contributed by atoms with Gasteiger partial charge in [-0.2, -0.15) is 0 Å². The van der Waals surface area contributed by atoms with E-state index in [1.807, 2.05) is 31.2 Å². The van der Waals surface area contributed by atoms with Crippen LogP contribution in [-0.2, 0) is 4.79 Å². The van der Waals surface area contributed by atoms with Crippen molar-refractivity contribution >= 4 is 23.7 Å². The Morgan fingerprint density at radius 2 is 1.83 bits per heavy atom. The zero-order valence-corrected chi connectivity index (χ0v) is 13.5. The van der Waals surface area contributed by atoms with Gasteiger partial charge in [0.1, 0.15) is 17.5 Å². The van der Waals surface area contributed by atoms with Crippen molar-refractivity contribution in [2.45, 2.75) is 13.8 Å². The third-order valence-corrected chi connectivity index (χ3v) is 4.02. The molecule has 3 rings (SSSR count). The number of aromatic nitrogens is 2. The summed E-state index contributed by atoms with van der Waals surface area (Å²) in [5, 5.41) is 3.37. The third-order valence-electron chi connectivity index (χ3n) is 4.02. The Morgan fingerprint density at radius 1 is 1.09 bits per heavy atom. The number of rotatable bonds is 4. The predicted octanol–water partition coefficient (Wildman–Crippen LogP) is 2.12. The average Bonchev–Trinajstić information content (AvgIpc) is 2.56. The van der Waals surface area contributed by atoms with Crippen molar-refractivity contribution in [3.05, 3.63) is 41.7 Å². The lowest BCUT2D eigenvalue weighted by Crippen LogP contribution is -2.46. The molecule has 23 heavy (non-hydrogen) atoms. The van der Waals surface area contributed by atoms with Crippen molar-refractivity contribution in [1.29, 1.82) is 0 Å². The summed E-state index contributed by atoms with van der Waals surface area (Å²) in [6.45, 7) is 7.00. The lowest BCUT2D eigenvalue weighted by atomic mass is 10.2. The van der Waals surface area contributed by atoms with Gasteiger partial charge >= 0.3 is 0 Å². The topological polar surface area (TPSA) is 61.4 Å². The number of nitrogens with zero attached hydrogens (tertiary/aromatic N) is 4. The Bertz CT molecular complexity index is 695. The molecule has 1 amide bonds. The number of benzene rings is 1. The minimum Gasteiger partial charge on any atom is -0.353 e. The first-order chi connectivity index (χ1) is 11.2. The lowest BCUT2D eigenvalue weighted by molar-refractivity contribution is -0.118. The minimum atomic E-state index is 0.729.